The van der Waals surface area contributed by atoms with E-state index in [0.29, 0.717) is 41.5 Å². The van der Waals surface area contributed by atoms with Gasteiger partial charge >= 0.3 is 11.6 Å². The summed E-state index contributed by atoms with van der Waals surface area (Å²) in [5.41, 5.74) is 0.682. The molecule has 1 saturated heterocycles. The highest BCUT2D eigenvalue weighted by Gasteiger charge is 2.35. The van der Waals surface area contributed by atoms with Gasteiger partial charge in [-0.25, -0.2) is 9.18 Å². The summed E-state index contributed by atoms with van der Waals surface area (Å²) in [5, 5.41) is 0.626. The highest BCUT2D eigenvalue weighted by molar-refractivity contribution is 6.33. The Labute approximate surface area is 204 Å². The number of rotatable bonds is 5. The number of aldehydes is 1. The van der Waals surface area contributed by atoms with E-state index in [-0.39, 0.29) is 17.2 Å². The van der Waals surface area contributed by atoms with Crippen LogP contribution in [0.3, 0.4) is 0 Å². The molecule has 3 aromatic rings. The zero-order chi connectivity index (χ0) is 25.3. The smallest absolute Gasteiger partial charge is 0.336 e. The molecule has 1 fully saturated rings. The van der Waals surface area contributed by atoms with E-state index in [9.17, 15) is 23.6 Å². The van der Waals surface area contributed by atoms with Crippen molar-refractivity contribution in [1.29, 1.82) is 0 Å². The first kappa shape index (κ1) is 24.6. The minimum atomic E-state index is -1.16. The molecule has 35 heavy (non-hydrogen) atoms. The second-order valence-electron chi connectivity index (χ2n) is 8.28. The number of benzene rings is 2. The van der Waals surface area contributed by atoms with Crippen LogP contribution in [-0.2, 0) is 19.1 Å². The quantitative estimate of drug-likeness (QED) is 0.230. The fraction of sp³-hybridized carbons (Fsp3) is 0.280. The first-order valence-corrected chi connectivity index (χ1v) is 11.2. The molecule has 2 aromatic carbocycles. The topological polar surface area (TPSA) is 97.1 Å². The summed E-state index contributed by atoms with van der Waals surface area (Å²) in [7, 11) is 3.04. The maximum Gasteiger partial charge on any atom is 0.336 e. The Morgan fingerprint density at radius 2 is 1.94 bits per heavy atom. The Morgan fingerprint density at radius 3 is 2.63 bits per heavy atom. The molecule has 0 spiro atoms. The van der Waals surface area contributed by atoms with Crippen LogP contribution in [-0.4, -0.2) is 67.8 Å². The highest BCUT2D eigenvalue weighted by atomic mass is 35.5. The molecule has 0 bridgehead atoms. The third-order valence-corrected chi connectivity index (χ3v) is 6.50. The maximum atomic E-state index is 13.5. The Hall–Kier alpha value is -3.56. The van der Waals surface area contributed by atoms with Crippen LogP contribution in [0.1, 0.15) is 11.5 Å². The van der Waals surface area contributed by atoms with Crippen molar-refractivity contribution in [3.05, 3.63) is 69.3 Å². The number of halogens is 2. The van der Waals surface area contributed by atoms with Crippen LogP contribution in [0.15, 0.2) is 51.7 Å². The van der Waals surface area contributed by atoms with Gasteiger partial charge in [0.1, 0.15) is 29.6 Å². The number of ether oxygens (including phenoxy) is 1. The SMILES string of the molecule is COC(=O)C1CN(C(=O)C(C=O)c2ccc3c(-c4ccc(F)cc4Cl)cc(=O)oc3c2)CCN1C. The first-order valence-electron chi connectivity index (χ1n) is 10.8. The number of amides is 1. The second-order valence-corrected chi connectivity index (χ2v) is 8.68. The van der Waals surface area contributed by atoms with Crippen LogP contribution < -0.4 is 5.63 Å². The molecule has 2 unspecified atom stereocenters. The molecule has 1 aromatic heterocycles. The summed E-state index contributed by atoms with van der Waals surface area (Å²) >= 11 is 6.20. The molecule has 4 rings (SSSR count). The van der Waals surface area contributed by atoms with Crippen LogP contribution >= 0.6 is 11.6 Å². The van der Waals surface area contributed by atoms with Gasteiger partial charge in [-0.2, -0.15) is 0 Å². The van der Waals surface area contributed by atoms with Gasteiger partial charge in [0, 0.05) is 42.2 Å². The fourth-order valence-electron chi connectivity index (χ4n) is 4.24. The van der Waals surface area contributed by atoms with Crippen molar-refractivity contribution in [2.75, 3.05) is 33.8 Å². The lowest BCUT2D eigenvalue weighted by molar-refractivity contribution is -0.151. The summed E-state index contributed by atoms with van der Waals surface area (Å²) in [6.07, 6.45) is 0.522. The lowest BCUT2D eigenvalue weighted by Gasteiger charge is -2.38. The number of carbonyl (C=O) groups excluding carboxylic acids is 3. The van der Waals surface area contributed by atoms with E-state index < -0.39 is 35.3 Å². The average molecular weight is 501 g/mol. The van der Waals surface area contributed by atoms with Gasteiger partial charge in [0.05, 0.1) is 12.1 Å². The van der Waals surface area contributed by atoms with Gasteiger partial charge in [-0.15, -0.1) is 0 Å². The Balaban J connectivity index is 1.70. The van der Waals surface area contributed by atoms with Gasteiger partial charge in [0.15, 0.2) is 0 Å². The maximum absolute atomic E-state index is 13.5. The minimum absolute atomic E-state index is 0.0855. The van der Waals surface area contributed by atoms with Crippen LogP contribution in [0.5, 0.6) is 0 Å². The van der Waals surface area contributed by atoms with E-state index in [4.69, 9.17) is 20.8 Å². The molecule has 0 radical (unpaired) electrons. The summed E-state index contributed by atoms with van der Waals surface area (Å²) in [6.45, 7) is 0.858. The van der Waals surface area contributed by atoms with Crippen molar-refractivity contribution >= 4 is 40.7 Å². The number of carbonyl (C=O) groups is 3. The molecule has 1 aliphatic heterocycles. The van der Waals surface area contributed by atoms with Gasteiger partial charge in [-0.1, -0.05) is 23.7 Å². The number of nitrogens with zero attached hydrogens (tertiary/aromatic N) is 2. The molecule has 1 aliphatic rings. The first-order chi connectivity index (χ1) is 16.7. The molecule has 2 atom stereocenters. The zero-order valence-electron chi connectivity index (χ0n) is 19.0. The normalized spacial score (nSPS) is 17.3. The predicted molar refractivity (Wildman–Crippen MR) is 127 cm³/mol. The minimum Gasteiger partial charge on any atom is -0.468 e. The van der Waals surface area contributed by atoms with Gasteiger partial charge in [0.2, 0.25) is 5.91 Å². The Kier molecular flexibility index (Phi) is 7.00. The van der Waals surface area contributed by atoms with E-state index in [1.165, 1.54) is 36.3 Å². The molecule has 182 valence electrons. The molecule has 0 N–H and O–H groups in total. The van der Waals surface area contributed by atoms with Gasteiger partial charge < -0.3 is 18.8 Å². The van der Waals surface area contributed by atoms with Gasteiger partial charge in [-0.3, -0.25) is 14.5 Å². The predicted octanol–water partition coefficient (Wildman–Crippen LogP) is 2.85. The number of esters is 1. The van der Waals surface area contributed by atoms with Crippen LogP contribution in [0.4, 0.5) is 4.39 Å². The van der Waals surface area contributed by atoms with Crippen LogP contribution in [0.2, 0.25) is 5.02 Å². The molecule has 2 heterocycles. The third kappa shape index (κ3) is 4.82. The van der Waals surface area contributed by atoms with E-state index in [1.54, 1.807) is 24.1 Å². The molecule has 10 heteroatoms. The standard InChI is InChI=1S/C25H22ClFN2O6/c1-28-7-8-29(12-21(28)25(33)34-2)24(32)19(13-30)14-3-5-17-18(11-23(31)35-22(17)9-14)16-6-4-15(27)10-20(16)26/h3-6,9-11,13,19,21H,7-8,12H2,1-2H3. The number of piperazine rings is 1. The lowest BCUT2D eigenvalue weighted by Crippen LogP contribution is -2.57. The number of hydrogen-bond donors (Lipinski definition) is 0. The molecule has 0 aliphatic carbocycles. The summed E-state index contributed by atoms with van der Waals surface area (Å²) in [4.78, 5) is 52.8. The van der Waals surface area contributed by atoms with Crippen LogP contribution in [0.25, 0.3) is 22.1 Å². The van der Waals surface area contributed by atoms with E-state index >= 15 is 0 Å². The molecule has 8 nitrogen and oxygen atoms in total. The van der Waals surface area contributed by atoms with Crippen molar-refractivity contribution in [2.24, 2.45) is 0 Å². The Bertz CT molecular complexity index is 1370. The highest BCUT2D eigenvalue weighted by Crippen LogP contribution is 2.34. The van der Waals surface area contributed by atoms with E-state index in [0.717, 1.165) is 6.07 Å². The van der Waals surface area contributed by atoms with Crippen molar-refractivity contribution in [3.63, 3.8) is 0 Å². The van der Waals surface area contributed by atoms with Gasteiger partial charge in [0.25, 0.3) is 0 Å². The molecule has 0 saturated carbocycles. The summed E-state index contributed by atoms with van der Waals surface area (Å²) < 4.78 is 23.7. The third-order valence-electron chi connectivity index (χ3n) is 6.18. The van der Waals surface area contributed by atoms with Crippen molar-refractivity contribution in [3.8, 4) is 11.1 Å². The van der Waals surface area contributed by atoms with Gasteiger partial charge in [-0.05, 0) is 36.9 Å². The van der Waals surface area contributed by atoms with Crippen molar-refractivity contribution < 1.29 is 27.9 Å². The summed E-state index contributed by atoms with van der Waals surface area (Å²) in [6, 6.07) is 9.12. The van der Waals surface area contributed by atoms with Crippen LogP contribution in [0, 0.1) is 5.82 Å². The number of likely N-dealkylation sites (N-methyl/N-ethyl adjacent to an activating group) is 1. The number of fused-ring (bicyclic) bond motifs is 1. The summed E-state index contributed by atoms with van der Waals surface area (Å²) in [5.74, 6) is -2.61. The van der Waals surface area contributed by atoms with Crippen molar-refractivity contribution in [1.82, 2.24) is 9.80 Å². The van der Waals surface area contributed by atoms with E-state index in [2.05, 4.69) is 0 Å². The molecule has 1 amide bonds. The lowest BCUT2D eigenvalue weighted by atomic mass is 9.95. The molecular formula is C25H22ClFN2O6. The number of methoxy groups -OCH3 is 1. The molecular weight excluding hydrogens is 479 g/mol. The average Bonchev–Trinajstić information content (AvgIpc) is 2.83. The van der Waals surface area contributed by atoms with E-state index in [1.807, 2.05) is 0 Å². The largest absolute Gasteiger partial charge is 0.468 e. The van der Waals surface area contributed by atoms with Crippen molar-refractivity contribution in [2.45, 2.75) is 12.0 Å². The second kappa shape index (κ2) is 9.97. The number of hydrogen-bond acceptors (Lipinski definition) is 7. The zero-order valence-corrected chi connectivity index (χ0v) is 19.8. The monoisotopic (exact) mass is 500 g/mol. The Morgan fingerprint density at radius 1 is 1.17 bits per heavy atom. The fourth-order valence-corrected chi connectivity index (χ4v) is 4.51.